The number of aliphatic hydroxyl groups is 1. The van der Waals surface area contributed by atoms with Crippen LogP contribution in [0.3, 0.4) is 0 Å². The molecule has 1 fully saturated rings. The maximum atomic E-state index is 12.1. The summed E-state index contributed by atoms with van der Waals surface area (Å²) in [6, 6.07) is -0.160. The minimum atomic E-state index is -0.549. The highest BCUT2D eigenvalue weighted by Crippen LogP contribution is 2.30. The molecule has 1 aliphatic rings. The van der Waals surface area contributed by atoms with Gasteiger partial charge >= 0.3 is 0 Å². The Bertz CT molecular complexity index is 262. The summed E-state index contributed by atoms with van der Waals surface area (Å²) < 4.78 is 0. The number of aliphatic hydroxyl groups excluding tert-OH is 1. The van der Waals surface area contributed by atoms with Gasteiger partial charge in [0.1, 0.15) is 0 Å². The molecule has 0 aromatic heterocycles. The fourth-order valence-corrected chi connectivity index (χ4v) is 2.10. The third kappa shape index (κ3) is 3.19. The van der Waals surface area contributed by atoms with Crippen LogP contribution >= 0.6 is 0 Å². The quantitative estimate of drug-likeness (QED) is 0.665. The highest BCUT2D eigenvalue weighted by molar-refractivity contribution is 5.83. The molecule has 16 heavy (non-hydrogen) atoms. The first-order chi connectivity index (χ1) is 7.28. The molecule has 1 amide bonds. The molecule has 1 heterocycles. The van der Waals surface area contributed by atoms with E-state index in [1.165, 1.54) is 0 Å². The standard InChI is InChI=1S/C12H24N2O2/c1-11(2)6-5-7-13-9(11)10(16)14-12(3,4)8-15/h9,13,15H,5-8H2,1-4H3,(H,14,16). The van der Waals surface area contributed by atoms with Crippen LogP contribution in [-0.4, -0.2) is 35.7 Å². The van der Waals surface area contributed by atoms with E-state index in [9.17, 15) is 4.79 Å². The summed E-state index contributed by atoms with van der Waals surface area (Å²) >= 11 is 0. The zero-order valence-electron chi connectivity index (χ0n) is 10.8. The molecule has 0 saturated carbocycles. The molecular weight excluding hydrogens is 204 g/mol. The fraction of sp³-hybridized carbons (Fsp3) is 0.917. The van der Waals surface area contributed by atoms with Crippen LogP contribution in [0, 0.1) is 5.41 Å². The number of hydrogen-bond acceptors (Lipinski definition) is 3. The summed E-state index contributed by atoms with van der Waals surface area (Å²) in [5, 5.41) is 15.3. The molecule has 1 rings (SSSR count). The highest BCUT2D eigenvalue weighted by atomic mass is 16.3. The van der Waals surface area contributed by atoms with Crippen molar-refractivity contribution in [1.82, 2.24) is 10.6 Å². The molecule has 0 aromatic rings. The van der Waals surface area contributed by atoms with E-state index in [4.69, 9.17) is 5.11 Å². The first-order valence-electron chi connectivity index (χ1n) is 5.95. The summed E-state index contributed by atoms with van der Waals surface area (Å²) in [4.78, 5) is 12.1. The minimum absolute atomic E-state index is 0.0104. The first kappa shape index (κ1) is 13.5. The minimum Gasteiger partial charge on any atom is -0.394 e. The number of nitrogens with one attached hydrogen (secondary N) is 2. The number of carbonyl (C=O) groups is 1. The molecule has 0 aliphatic carbocycles. The number of amides is 1. The normalized spacial score (nSPS) is 25.2. The molecule has 0 aromatic carbocycles. The smallest absolute Gasteiger partial charge is 0.238 e. The molecule has 0 bridgehead atoms. The van der Waals surface area contributed by atoms with Crippen molar-refractivity contribution in [2.45, 2.75) is 52.1 Å². The van der Waals surface area contributed by atoms with E-state index in [1.54, 1.807) is 0 Å². The van der Waals surface area contributed by atoms with Gasteiger partial charge in [0.15, 0.2) is 0 Å². The van der Waals surface area contributed by atoms with E-state index in [0.717, 1.165) is 19.4 Å². The molecule has 1 aliphatic heterocycles. The van der Waals surface area contributed by atoms with E-state index >= 15 is 0 Å². The van der Waals surface area contributed by atoms with Crippen molar-refractivity contribution in [2.75, 3.05) is 13.2 Å². The van der Waals surface area contributed by atoms with Crippen LogP contribution in [-0.2, 0) is 4.79 Å². The topological polar surface area (TPSA) is 61.4 Å². The zero-order valence-corrected chi connectivity index (χ0v) is 10.8. The third-order valence-corrected chi connectivity index (χ3v) is 3.25. The average Bonchev–Trinajstić information content (AvgIpc) is 2.16. The molecule has 0 spiro atoms. The second-order valence-electron chi connectivity index (χ2n) is 6.01. The molecule has 1 atom stereocenters. The second-order valence-corrected chi connectivity index (χ2v) is 6.01. The second kappa shape index (κ2) is 4.72. The molecule has 4 nitrogen and oxygen atoms in total. The van der Waals surface area contributed by atoms with Gasteiger partial charge in [-0.2, -0.15) is 0 Å². The van der Waals surface area contributed by atoms with Crippen molar-refractivity contribution in [2.24, 2.45) is 5.41 Å². The van der Waals surface area contributed by atoms with Gasteiger partial charge in [-0.05, 0) is 38.6 Å². The molecule has 1 unspecified atom stereocenters. The highest BCUT2D eigenvalue weighted by Gasteiger charge is 2.38. The van der Waals surface area contributed by atoms with Gasteiger partial charge in [0.2, 0.25) is 5.91 Å². The Morgan fingerprint density at radius 2 is 2.19 bits per heavy atom. The van der Waals surface area contributed by atoms with Crippen LogP contribution in [0.15, 0.2) is 0 Å². The van der Waals surface area contributed by atoms with E-state index in [2.05, 4.69) is 24.5 Å². The lowest BCUT2D eigenvalue weighted by Crippen LogP contribution is -2.59. The summed E-state index contributed by atoms with van der Waals surface area (Å²) in [7, 11) is 0. The summed E-state index contributed by atoms with van der Waals surface area (Å²) in [5.41, 5.74) is -0.569. The van der Waals surface area contributed by atoms with Crippen molar-refractivity contribution in [1.29, 1.82) is 0 Å². The Balaban J connectivity index is 2.66. The van der Waals surface area contributed by atoms with Crippen LogP contribution < -0.4 is 10.6 Å². The van der Waals surface area contributed by atoms with Gasteiger partial charge in [-0.3, -0.25) is 4.79 Å². The Morgan fingerprint density at radius 3 is 2.69 bits per heavy atom. The Hall–Kier alpha value is -0.610. The molecule has 3 N–H and O–H groups in total. The van der Waals surface area contributed by atoms with Gasteiger partial charge in [-0.25, -0.2) is 0 Å². The molecule has 0 radical (unpaired) electrons. The lowest BCUT2D eigenvalue weighted by molar-refractivity contribution is -0.128. The van der Waals surface area contributed by atoms with Gasteiger partial charge < -0.3 is 15.7 Å². The molecule has 4 heteroatoms. The summed E-state index contributed by atoms with van der Waals surface area (Å²) in [6.07, 6.45) is 2.16. The molecule has 94 valence electrons. The van der Waals surface area contributed by atoms with Crippen LogP contribution in [0.1, 0.15) is 40.5 Å². The summed E-state index contributed by atoms with van der Waals surface area (Å²) in [6.45, 7) is 8.69. The molecule has 1 saturated heterocycles. The zero-order chi connectivity index (χ0) is 12.4. The SMILES string of the molecule is CC(C)(CO)NC(=O)C1NCCCC1(C)C. The predicted octanol–water partition coefficient (Wildman–Crippen LogP) is 0.652. The lowest BCUT2D eigenvalue weighted by atomic mass is 9.77. The number of hydrogen-bond donors (Lipinski definition) is 3. The van der Waals surface area contributed by atoms with Crippen LogP contribution in [0.2, 0.25) is 0 Å². The fourth-order valence-electron chi connectivity index (χ4n) is 2.10. The maximum absolute atomic E-state index is 12.1. The van der Waals surface area contributed by atoms with Gasteiger partial charge in [0.05, 0.1) is 18.2 Å². The number of carbonyl (C=O) groups excluding carboxylic acids is 1. The van der Waals surface area contributed by atoms with E-state index in [-0.39, 0.29) is 24.0 Å². The number of piperidine rings is 1. The Kier molecular flexibility index (Phi) is 3.97. The van der Waals surface area contributed by atoms with Crippen LogP contribution in [0.4, 0.5) is 0 Å². The van der Waals surface area contributed by atoms with E-state index < -0.39 is 5.54 Å². The van der Waals surface area contributed by atoms with Gasteiger partial charge in [-0.1, -0.05) is 13.8 Å². The number of rotatable bonds is 3. The van der Waals surface area contributed by atoms with E-state index in [1.807, 2.05) is 13.8 Å². The Labute approximate surface area is 97.8 Å². The first-order valence-corrected chi connectivity index (χ1v) is 5.95. The monoisotopic (exact) mass is 228 g/mol. The van der Waals surface area contributed by atoms with Crippen molar-refractivity contribution in [3.8, 4) is 0 Å². The van der Waals surface area contributed by atoms with Crippen molar-refractivity contribution in [3.05, 3.63) is 0 Å². The van der Waals surface area contributed by atoms with Gasteiger partial charge in [0, 0.05) is 0 Å². The Morgan fingerprint density at radius 1 is 1.56 bits per heavy atom. The van der Waals surface area contributed by atoms with Gasteiger partial charge in [0.25, 0.3) is 0 Å². The van der Waals surface area contributed by atoms with Crippen molar-refractivity contribution >= 4 is 5.91 Å². The van der Waals surface area contributed by atoms with E-state index in [0.29, 0.717) is 0 Å². The largest absolute Gasteiger partial charge is 0.394 e. The van der Waals surface area contributed by atoms with Crippen LogP contribution in [0.25, 0.3) is 0 Å². The lowest BCUT2D eigenvalue weighted by Gasteiger charge is -2.39. The third-order valence-electron chi connectivity index (χ3n) is 3.25. The maximum Gasteiger partial charge on any atom is 0.238 e. The van der Waals surface area contributed by atoms with Crippen molar-refractivity contribution in [3.63, 3.8) is 0 Å². The summed E-state index contributed by atoms with van der Waals surface area (Å²) in [5.74, 6) is -0.0104. The van der Waals surface area contributed by atoms with Crippen molar-refractivity contribution < 1.29 is 9.90 Å². The predicted molar refractivity (Wildman–Crippen MR) is 64.1 cm³/mol. The molecular formula is C12H24N2O2. The average molecular weight is 228 g/mol. The van der Waals surface area contributed by atoms with Crippen LogP contribution in [0.5, 0.6) is 0 Å². The van der Waals surface area contributed by atoms with Gasteiger partial charge in [-0.15, -0.1) is 0 Å².